The van der Waals surface area contributed by atoms with Gasteiger partial charge >= 0.3 is 12.1 Å². The van der Waals surface area contributed by atoms with Gasteiger partial charge in [-0.3, -0.25) is 4.79 Å². The van der Waals surface area contributed by atoms with Gasteiger partial charge in [-0.1, -0.05) is 12.1 Å². The fourth-order valence-corrected chi connectivity index (χ4v) is 0.938. The predicted molar refractivity (Wildman–Crippen MR) is 51.3 cm³/mol. The average molecular weight is 246 g/mol. The quantitative estimate of drug-likeness (QED) is 0.640. The summed E-state index contributed by atoms with van der Waals surface area (Å²) in [4.78, 5) is 21.4. The van der Waals surface area contributed by atoms with Crippen molar-refractivity contribution in [3.63, 3.8) is 0 Å². The lowest BCUT2D eigenvalue weighted by Crippen LogP contribution is -2.28. The van der Waals surface area contributed by atoms with Gasteiger partial charge < -0.3 is 10.1 Å². The molecule has 1 N–H and O–H groups in total. The van der Waals surface area contributed by atoms with E-state index in [1.54, 1.807) is 0 Å². The SMILES string of the molecule is CC(=O)Nc1[c]cccc1OC(=O)C(F)(F)F. The minimum atomic E-state index is -5.09. The maximum Gasteiger partial charge on any atom is 0.491 e. The van der Waals surface area contributed by atoms with Crippen LogP contribution in [0.4, 0.5) is 18.9 Å². The number of esters is 1. The molecule has 0 atom stereocenters. The molecule has 0 fully saturated rings. The van der Waals surface area contributed by atoms with Gasteiger partial charge in [0.2, 0.25) is 5.91 Å². The number of amides is 1. The lowest BCUT2D eigenvalue weighted by molar-refractivity contribution is -0.189. The van der Waals surface area contributed by atoms with Crippen LogP contribution in [0.15, 0.2) is 18.2 Å². The molecule has 1 aromatic carbocycles. The Hall–Kier alpha value is -2.05. The number of para-hydroxylation sites is 1. The molecule has 1 aromatic rings. The summed E-state index contributed by atoms with van der Waals surface area (Å²) in [6.07, 6.45) is -5.09. The first-order valence-corrected chi connectivity index (χ1v) is 4.38. The van der Waals surface area contributed by atoms with Gasteiger partial charge in [-0.05, 0) is 6.07 Å². The van der Waals surface area contributed by atoms with E-state index in [9.17, 15) is 22.8 Å². The second kappa shape index (κ2) is 4.86. The van der Waals surface area contributed by atoms with Crippen molar-refractivity contribution in [1.82, 2.24) is 0 Å². The van der Waals surface area contributed by atoms with Gasteiger partial charge in [0.05, 0.1) is 5.69 Å². The summed E-state index contributed by atoms with van der Waals surface area (Å²) in [7, 11) is 0. The molecule has 0 aromatic heterocycles. The molecule has 91 valence electrons. The Bertz CT molecular complexity index is 443. The van der Waals surface area contributed by atoms with Crippen molar-refractivity contribution in [3.05, 3.63) is 24.3 Å². The van der Waals surface area contributed by atoms with Crippen LogP contribution < -0.4 is 10.1 Å². The summed E-state index contributed by atoms with van der Waals surface area (Å²) in [6, 6.07) is 6.25. The van der Waals surface area contributed by atoms with Crippen LogP contribution >= 0.6 is 0 Å². The number of benzene rings is 1. The largest absolute Gasteiger partial charge is 0.491 e. The number of nitrogens with one attached hydrogen (secondary N) is 1. The van der Waals surface area contributed by atoms with Crippen molar-refractivity contribution >= 4 is 17.6 Å². The average Bonchev–Trinajstić information content (AvgIpc) is 2.18. The highest BCUT2D eigenvalue weighted by Gasteiger charge is 2.41. The first kappa shape index (κ1) is 13.0. The van der Waals surface area contributed by atoms with E-state index in [1.165, 1.54) is 12.1 Å². The third-order valence-electron chi connectivity index (χ3n) is 1.55. The summed E-state index contributed by atoms with van der Waals surface area (Å²) in [5.74, 6) is -3.29. The minimum absolute atomic E-state index is 0.127. The van der Waals surface area contributed by atoms with E-state index in [2.05, 4.69) is 16.1 Å². The van der Waals surface area contributed by atoms with E-state index < -0.39 is 23.8 Å². The van der Waals surface area contributed by atoms with Crippen molar-refractivity contribution in [2.45, 2.75) is 13.1 Å². The summed E-state index contributed by atoms with van der Waals surface area (Å²) in [5.41, 5.74) is -0.127. The molecule has 1 radical (unpaired) electrons. The van der Waals surface area contributed by atoms with Gasteiger partial charge in [0.1, 0.15) is 0 Å². The molecule has 0 aliphatic heterocycles. The van der Waals surface area contributed by atoms with Crippen LogP contribution in [-0.2, 0) is 9.59 Å². The smallest absolute Gasteiger partial charge is 0.418 e. The van der Waals surface area contributed by atoms with E-state index in [1.807, 2.05) is 0 Å². The Morgan fingerprint density at radius 2 is 2.06 bits per heavy atom. The van der Waals surface area contributed by atoms with E-state index in [0.29, 0.717) is 0 Å². The number of carbonyl (C=O) groups excluding carboxylic acids is 2. The van der Waals surface area contributed by atoms with Crippen LogP contribution in [0.3, 0.4) is 0 Å². The van der Waals surface area contributed by atoms with E-state index in [4.69, 9.17) is 0 Å². The van der Waals surface area contributed by atoms with Crippen molar-refractivity contribution in [1.29, 1.82) is 0 Å². The lowest BCUT2D eigenvalue weighted by atomic mass is 10.3. The molecule has 17 heavy (non-hydrogen) atoms. The minimum Gasteiger partial charge on any atom is -0.418 e. The molecule has 1 rings (SSSR count). The molecule has 0 spiro atoms. The van der Waals surface area contributed by atoms with Crippen LogP contribution in [0.25, 0.3) is 0 Å². The molecular formula is C10H7F3NO3. The first-order valence-electron chi connectivity index (χ1n) is 4.38. The summed E-state index contributed by atoms with van der Waals surface area (Å²) in [6.45, 7) is 1.16. The number of carbonyl (C=O) groups is 2. The number of hydrogen-bond acceptors (Lipinski definition) is 3. The Morgan fingerprint density at radius 3 is 2.59 bits per heavy atom. The number of hydrogen-bond donors (Lipinski definition) is 1. The fraction of sp³-hybridized carbons (Fsp3) is 0.200. The van der Waals surface area contributed by atoms with Crippen LogP contribution in [0.5, 0.6) is 5.75 Å². The fourth-order valence-electron chi connectivity index (χ4n) is 0.938. The predicted octanol–water partition coefficient (Wildman–Crippen LogP) is 1.91. The molecular weight excluding hydrogens is 239 g/mol. The third kappa shape index (κ3) is 3.78. The summed E-state index contributed by atoms with van der Waals surface area (Å²) < 4.78 is 40.0. The zero-order valence-corrected chi connectivity index (χ0v) is 8.59. The Labute approximate surface area is 94.4 Å². The normalized spacial score (nSPS) is 10.8. The summed E-state index contributed by atoms with van der Waals surface area (Å²) >= 11 is 0. The zero-order valence-electron chi connectivity index (χ0n) is 8.59. The third-order valence-corrected chi connectivity index (χ3v) is 1.55. The number of anilines is 1. The highest BCUT2D eigenvalue weighted by molar-refractivity contribution is 5.91. The first-order chi connectivity index (χ1) is 7.80. The molecule has 0 saturated carbocycles. The maximum absolute atomic E-state index is 12.0. The van der Waals surface area contributed by atoms with Crippen LogP contribution in [-0.4, -0.2) is 18.1 Å². The van der Waals surface area contributed by atoms with Crippen molar-refractivity contribution in [2.24, 2.45) is 0 Å². The summed E-state index contributed by atoms with van der Waals surface area (Å²) in [5, 5.41) is 2.19. The van der Waals surface area contributed by atoms with Gasteiger partial charge in [0.25, 0.3) is 0 Å². The molecule has 1 amide bonds. The molecule has 7 heteroatoms. The van der Waals surface area contributed by atoms with Crippen molar-refractivity contribution in [2.75, 3.05) is 5.32 Å². The lowest BCUT2D eigenvalue weighted by Gasteiger charge is -2.10. The van der Waals surface area contributed by atoms with E-state index >= 15 is 0 Å². The number of alkyl halides is 3. The molecule has 0 unspecified atom stereocenters. The molecule has 0 saturated heterocycles. The molecule has 0 heterocycles. The number of ether oxygens (including phenoxy) is 1. The van der Waals surface area contributed by atoms with Gasteiger partial charge in [0.15, 0.2) is 5.75 Å². The van der Waals surface area contributed by atoms with E-state index in [0.717, 1.165) is 13.0 Å². The van der Waals surface area contributed by atoms with Gasteiger partial charge in [-0.15, -0.1) is 0 Å². The number of rotatable bonds is 2. The standard InChI is InChI=1S/C10H7F3NO3/c1-6(15)14-7-4-2-3-5-8(7)17-9(16)10(11,12)13/h2-3,5H,1H3,(H,14,15). The van der Waals surface area contributed by atoms with Crippen LogP contribution in [0.1, 0.15) is 6.92 Å². The highest BCUT2D eigenvalue weighted by atomic mass is 19.4. The van der Waals surface area contributed by atoms with Crippen LogP contribution in [0, 0.1) is 6.07 Å². The molecule has 0 bridgehead atoms. The monoisotopic (exact) mass is 246 g/mol. The Kier molecular flexibility index (Phi) is 3.72. The molecule has 0 aliphatic carbocycles. The number of halogens is 3. The molecule has 0 aliphatic rings. The van der Waals surface area contributed by atoms with Crippen LogP contribution in [0.2, 0.25) is 0 Å². The van der Waals surface area contributed by atoms with Gasteiger partial charge in [-0.25, -0.2) is 4.79 Å². The Morgan fingerprint density at radius 1 is 1.41 bits per heavy atom. The van der Waals surface area contributed by atoms with Gasteiger partial charge in [-0.2, -0.15) is 13.2 Å². The Balaban J connectivity index is 2.91. The second-order valence-corrected chi connectivity index (χ2v) is 2.98. The second-order valence-electron chi connectivity index (χ2n) is 2.98. The topological polar surface area (TPSA) is 55.4 Å². The molecule has 4 nitrogen and oxygen atoms in total. The van der Waals surface area contributed by atoms with Crippen molar-refractivity contribution < 1.29 is 27.5 Å². The van der Waals surface area contributed by atoms with E-state index in [-0.39, 0.29) is 5.69 Å². The maximum atomic E-state index is 12.0. The van der Waals surface area contributed by atoms with Gasteiger partial charge in [0, 0.05) is 13.0 Å². The highest BCUT2D eigenvalue weighted by Crippen LogP contribution is 2.26. The van der Waals surface area contributed by atoms with Crippen molar-refractivity contribution in [3.8, 4) is 5.75 Å². The zero-order chi connectivity index (χ0) is 13.1.